The maximum atomic E-state index is 10.8. The van der Waals surface area contributed by atoms with Crippen LogP contribution in [0.25, 0.3) is 0 Å². The zero-order valence-electron chi connectivity index (χ0n) is 10.8. The summed E-state index contributed by atoms with van der Waals surface area (Å²) in [5, 5.41) is 15.1. The van der Waals surface area contributed by atoms with Crippen molar-refractivity contribution in [2.75, 3.05) is 18.0 Å². The van der Waals surface area contributed by atoms with Gasteiger partial charge in [0.25, 0.3) is 5.69 Å². The standard InChI is InChI=1S/C13H15Cl2N3O2/c14-11-5-10(18(19)20)6-12(15)13(11)17-4-3-8-1-2-9(7-17)16-8/h5-6,8-9,16H,1-4,7H2. The zero-order chi connectivity index (χ0) is 14.3. The molecule has 2 unspecified atom stereocenters. The highest BCUT2D eigenvalue weighted by molar-refractivity contribution is 6.39. The third kappa shape index (κ3) is 2.57. The molecule has 0 spiro atoms. The molecule has 2 heterocycles. The van der Waals surface area contributed by atoms with E-state index in [1.165, 1.54) is 18.6 Å². The van der Waals surface area contributed by atoms with Gasteiger partial charge >= 0.3 is 0 Å². The van der Waals surface area contributed by atoms with Gasteiger partial charge in [-0.3, -0.25) is 10.1 Å². The van der Waals surface area contributed by atoms with Crippen molar-refractivity contribution in [2.45, 2.75) is 31.3 Å². The third-order valence-corrected chi connectivity index (χ3v) is 4.63. The Morgan fingerprint density at radius 2 is 1.85 bits per heavy atom. The summed E-state index contributed by atoms with van der Waals surface area (Å²) in [4.78, 5) is 12.5. The first-order valence-electron chi connectivity index (χ1n) is 6.69. The molecule has 5 nitrogen and oxygen atoms in total. The Balaban J connectivity index is 1.91. The number of halogens is 2. The second kappa shape index (κ2) is 5.39. The molecule has 1 aromatic rings. The van der Waals surface area contributed by atoms with Crippen LogP contribution in [0.5, 0.6) is 0 Å². The van der Waals surface area contributed by atoms with E-state index in [0.29, 0.717) is 27.8 Å². The van der Waals surface area contributed by atoms with Crippen LogP contribution in [0.3, 0.4) is 0 Å². The number of hydrogen-bond donors (Lipinski definition) is 1. The van der Waals surface area contributed by atoms with Crippen LogP contribution in [0.4, 0.5) is 11.4 Å². The summed E-state index contributed by atoms with van der Waals surface area (Å²) in [5.74, 6) is 0. The van der Waals surface area contributed by atoms with Gasteiger partial charge in [-0.15, -0.1) is 0 Å². The Morgan fingerprint density at radius 3 is 2.50 bits per heavy atom. The van der Waals surface area contributed by atoms with E-state index in [-0.39, 0.29) is 5.69 Å². The highest BCUT2D eigenvalue weighted by Gasteiger charge is 2.31. The molecule has 0 saturated carbocycles. The number of nitro groups is 1. The van der Waals surface area contributed by atoms with Crippen LogP contribution in [-0.4, -0.2) is 30.1 Å². The predicted octanol–water partition coefficient (Wildman–Crippen LogP) is 3.23. The van der Waals surface area contributed by atoms with Crippen molar-refractivity contribution >= 4 is 34.6 Å². The zero-order valence-corrected chi connectivity index (χ0v) is 12.3. The molecule has 0 amide bonds. The SMILES string of the molecule is O=[N+]([O-])c1cc(Cl)c(N2CCC3CCC(C2)N3)c(Cl)c1. The normalized spacial score (nSPS) is 25.6. The van der Waals surface area contributed by atoms with Crippen LogP contribution < -0.4 is 10.2 Å². The fraction of sp³-hybridized carbons (Fsp3) is 0.538. The molecule has 1 aromatic carbocycles. The smallest absolute Gasteiger partial charge is 0.272 e. The number of nitrogens with zero attached hydrogens (tertiary/aromatic N) is 2. The van der Waals surface area contributed by atoms with E-state index in [2.05, 4.69) is 10.2 Å². The summed E-state index contributed by atoms with van der Waals surface area (Å²) < 4.78 is 0. The molecule has 2 aliphatic rings. The number of anilines is 1. The second-order valence-electron chi connectivity index (χ2n) is 5.39. The topological polar surface area (TPSA) is 58.4 Å². The van der Waals surface area contributed by atoms with Gasteiger partial charge < -0.3 is 10.2 Å². The minimum absolute atomic E-state index is 0.0711. The summed E-state index contributed by atoms with van der Waals surface area (Å²) in [6.45, 7) is 1.71. The molecule has 1 N–H and O–H groups in total. The Kier molecular flexibility index (Phi) is 3.75. The van der Waals surface area contributed by atoms with Gasteiger partial charge in [-0.25, -0.2) is 0 Å². The van der Waals surface area contributed by atoms with Gasteiger partial charge in [-0.1, -0.05) is 23.2 Å². The summed E-state index contributed by atoms with van der Waals surface area (Å²) in [7, 11) is 0. The molecule has 0 aromatic heterocycles. The Morgan fingerprint density at radius 1 is 1.20 bits per heavy atom. The van der Waals surface area contributed by atoms with Crippen LogP contribution >= 0.6 is 23.2 Å². The van der Waals surface area contributed by atoms with E-state index >= 15 is 0 Å². The van der Waals surface area contributed by atoms with Crippen molar-refractivity contribution in [1.82, 2.24) is 5.32 Å². The van der Waals surface area contributed by atoms with E-state index in [0.717, 1.165) is 25.9 Å². The van der Waals surface area contributed by atoms with Gasteiger partial charge in [-0.05, 0) is 19.3 Å². The van der Waals surface area contributed by atoms with Crippen molar-refractivity contribution in [1.29, 1.82) is 0 Å². The average Bonchev–Trinajstić information content (AvgIpc) is 2.70. The lowest BCUT2D eigenvalue weighted by molar-refractivity contribution is -0.384. The van der Waals surface area contributed by atoms with Crippen molar-refractivity contribution in [3.63, 3.8) is 0 Å². The second-order valence-corrected chi connectivity index (χ2v) is 6.20. The van der Waals surface area contributed by atoms with Gasteiger partial charge in [0.05, 0.1) is 20.7 Å². The molecule has 3 rings (SSSR count). The van der Waals surface area contributed by atoms with Crippen LogP contribution in [-0.2, 0) is 0 Å². The number of non-ortho nitro benzene ring substituents is 1. The monoisotopic (exact) mass is 315 g/mol. The van der Waals surface area contributed by atoms with Crippen molar-refractivity contribution < 1.29 is 4.92 Å². The Labute approximate surface area is 127 Å². The molecule has 2 aliphatic heterocycles. The molecule has 2 atom stereocenters. The maximum absolute atomic E-state index is 10.8. The van der Waals surface area contributed by atoms with Crippen LogP contribution in [0.2, 0.25) is 10.0 Å². The molecule has 2 saturated heterocycles. The summed E-state index contributed by atoms with van der Waals surface area (Å²) >= 11 is 12.4. The first kappa shape index (κ1) is 13.9. The minimum Gasteiger partial charge on any atom is -0.367 e. The molecular weight excluding hydrogens is 301 g/mol. The lowest BCUT2D eigenvalue weighted by Crippen LogP contribution is -2.35. The molecule has 20 heavy (non-hydrogen) atoms. The van der Waals surface area contributed by atoms with Gasteiger partial charge in [0.1, 0.15) is 0 Å². The van der Waals surface area contributed by atoms with Crippen LogP contribution in [0.1, 0.15) is 19.3 Å². The number of nitrogens with one attached hydrogen (secondary N) is 1. The number of benzene rings is 1. The molecule has 2 bridgehead atoms. The molecule has 0 aliphatic carbocycles. The Hall–Kier alpha value is -1.04. The van der Waals surface area contributed by atoms with E-state index < -0.39 is 4.92 Å². The molecule has 0 radical (unpaired) electrons. The number of nitro benzene ring substituents is 1. The number of rotatable bonds is 2. The maximum Gasteiger partial charge on any atom is 0.272 e. The third-order valence-electron chi connectivity index (χ3n) is 4.05. The fourth-order valence-corrected chi connectivity index (χ4v) is 3.82. The highest BCUT2D eigenvalue weighted by Crippen LogP contribution is 2.38. The minimum atomic E-state index is -0.479. The first-order valence-corrected chi connectivity index (χ1v) is 7.44. The fourth-order valence-electron chi connectivity index (χ4n) is 3.11. The van der Waals surface area contributed by atoms with Crippen LogP contribution in [0.15, 0.2) is 12.1 Å². The predicted molar refractivity (Wildman–Crippen MR) is 79.9 cm³/mol. The van der Waals surface area contributed by atoms with Gasteiger partial charge in [0.2, 0.25) is 0 Å². The average molecular weight is 316 g/mol. The summed E-state index contributed by atoms with van der Waals surface area (Å²) in [5.41, 5.74) is 0.645. The van der Waals surface area contributed by atoms with E-state index in [1.807, 2.05) is 0 Å². The summed E-state index contributed by atoms with van der Waals surface area (Å²) in [6.07, 6.45) is 3.42. The quantitative estimate of drug-likeness (QED) is 0.672. The van der Waals surface area contributed by atoms with Crippen molar-refractivity contribution in [2.24, 2.45) is 0 Å². The van der Waals surface area contributed by atoms with Crippen LogP contribution in [0, 0.1) is 10.1 Å². The molecule has 7 heteroatoms. The largest absolute Gasteiger partial charge is 0.367 e. The highest BCUT2D eigenvalue weighted by atomic mass is 35.5. The molecule has 108 valence electrons. The molecule has 2 fully saturated rings. The van der Waals surface area contributed by atoms with E-state index in [9.17, 15) is 10.1 Å². The lowest BCUT2D eigenvalue weighted by atomic mass is 10.1. The number of fused-ring (bicyclic) bond motifs is 2. The lowest BCUT2D eigenvalue weighted by Gasteiger charge is -2.28. The van der Waals surface area contributed by atoms with Gasteiger partial charge in [0.15, 0.2) is 0 Å². The Bertz CT molecular complexity index is 529. The van der Waals surface area contributed by atoms with E-state index in [4.69, 9.17) is 23.2 Å². The summed E-state index contributed by atoms with van der Waals surface area (Å²) in [6, 6.07) is 3.77. The van der Waals surface area contributed by atoms with Crippen molar-refractivity contribution in [3.05, 3.63) is 32.3 Å². The van der Waals surface area contributed by atoms with Gasteiger partial charge in [0, 0.05) is 37.3 Å². The first-order chi connectivity index (χ1) is 9.54. The number of hydrogen-bond acceptors (Lipinski definition) is 4. The van der Waals surface area contributed by atoms with Gasteiger partial charge in [-0.2, -0.15) is 0 Å². The van der Waals surface area contributed by atoms with Crippen molar-refractivity contribution in [3.8, 4) is 0 Å². The van der Waals surface area contributed by atoms with E-state index in [1.54, 1.807) is 0 Å². The molecular formula is C13H15Cl2N3O2.